The number of aromatic nitrogens is 4. The summed E-state index contributed by atoms with van der Waals surface area (Å²) in [5, 5.41) is 12.7. The number of H-pyrrole nitrogens is 1. The number of nitrogens with one attached hydrogen (secondary N) is 1. The van der Waals surface area contributed by atoms with E-state index in [2.05, 4.69) is 20.6 Å². The van der Waals surface area contributed by atoms with E-state index < -0.39 is 60.9 Å². The maximum atomic E-state index is 11.8. The molecule has 0 aliphatic carbocycles. The highest BCUT2D eigenvalue weighted by atomic mass is 16.6. The molecule has 0 radical (unpaired) electrons. The van der Waals surface area contributed by atoms with Gasteiger partial charge in [0.1, 0.15) is 6.61 Å². The Kier molecular flexibility index (Phi) is 9.32. The predicted molar refractivity (Wildman–Crippen MR) is 92.0 cm³/mol. The summed E-state index contributed by atoms with van der Waals surface area (Å²) < 4.78 is 25.6. The van der Waals surface area contributed by atoms with Crippen LogP contribution in [-0.2, 0) is 47.7 Å². The number of carbonyl (C=O) groups is 5. The lowest BCUT2D eigenvalue weighted by molar-refractivity contribution is -0.204. The smallest absolute Gasteiger partial charge is 0.303 e. The first-order chi connectivity index (χ1) is 14.0. The number of rotatable bonds is 10. The Morgan fingerprint density at radius 1 is 0.767 bits per heavy atom. The fraction of sp³-hybridized carbons (Fsp3) is 0.625. The van der Waals surface area contributed by atoms with Crippen LogP contribution in [0.1, 0.15) is 46.5 Å². The van der Waals surface area contributed by atoms with E-state index in [0.717, 1.165) is 34.6 Å². The van der Waals surface area contributed by atoms with E-state index >= 15 is 0 Å². The second-order valence-corrected chi connectivity index (χ2v) is 5.92. The Hall–Kier alpha value is -3.58. The van der Waals surface area contributed by atoms with Gasteiger partial charge in [0, 0.05) is 34.6 Å². The number of esters is 5. The number of hydrogen-bond donors (Lipinski definition) is 1. The molecule has 30 heavy (non-hydrogen) atoms. The molecule has 14 heteroatoms. The van der Waals surface area contributed by atoms with Crippen LogP contribution in [0.4, 0.5) is 0 Å². The highest BCUT2D eigenvalue weighted by Gasteiger charge is 2.45. The number of hydrogen-bond acceptors (Lipinski definition) is 13. The Bertz CT molecular complexity index is 766. The quantitative estimate of drug-likeness (QED) is 0.358. The lowest BCUT2D eigenvalue weighted by Crippen LogP contribution is -2.50. The topological polar surface area (TPSA) is 186 Å². The van der Waals surface area contributed by atoms with Gasteiger partial charge < -0.3 is 23.7 Å². The van der Waals surface area contributed by atoms with Crippen LogP contribution in [0, 0.1) is 0 Å². The van der Waals surface area contributed by atoms with Crippen LogP contribution in [0.2, 0.25) is 0 Å². The van der Waals surface area contributed by atoms with E-state index in [1.165, 1.54) is 0 Å². The van der Waals surface area contributed by atoms with Gasteiger partial charge in [-0.3, -0.25) is 24.0 Å². The first kappa shape index (κ1) is 24.5. The van der Waals surface area contributed by atoms with Gasteiger partial charge in [-0.2, -0.15) is 0 Å². The van der Waals surface area contributed by atoms with Crippen LogP contribution in [-0.4, -0.2) is 75.4 Å². The van der Waals surface area contributed by atoms with Gasteiger partial charge in [-0.05, 0) is 10.4 Å². The second kappa shape index (κ2) is 11.4. The summed E-state index contributed by atoms with van der Waals surface area (Å²) in [6.07, 6.45) is -6.05. The summed E-state index contributed by atoms with van der Waals surface area (Å²) in [4.78, 5) is 57.9. The summed E-state index contributed by atoms with van der Waals surface area (Å²) in [5.41, 5.74) is 0. The number of aromatic amines is 1. The highest BCUT2D eigenvalue weighted by molar-refractivity contribution is 5.69. The van der Waals surface area contributed by atoms with Crippen molar-refractivity contribution in [1.29, 1.82) is 0 Å². The monoisotopic (exact) mass is 430 g/mol. The minimum atomic E-state index is -1.58. The van der Waals surface area contributed by atoms with Crippen molar-refractivity contribution < 1.29 is 47.7 Å². The maximum Gasteiger partial charge on any atom is 0.303 e. The minimum Gasteiger partial charge on any atom is -0.462 e. The molecule has 0 spiro atoms. The molecule has 166 valence electrons. The van der Waals surface area contributed by atoms with Gasteiger partial charge in [0.2, 0.25) is 6.10 Å². The zero-order valence-corrected chi connectivity index (χ0v) is 16.9. The maximum absolute atomic E-state index is 11.8. The molecule has 4 unspecified atom stereocenters. The van der Waals surface area contributed by atoms with Crippen LogP contribution >= 0.6 is 0 Å². The van der Waals surface area contributed by atoms with E-state index in [9.17, 15) is 24.0 Å². The third-order valence-electron chi connectivity index (χ3n) is 3.29. The van der Waals surface area contributed by atoms with Crippen LogP contribution in [0.15, 0.2) is 0 Å². The van der Waals surface area contributed by atoms with E-state index in [4.69, 9.17) is 23.7 Å². The van der Waals surface area contributed by atoms with Gasteiger partial charge in [-0.15, -0.1) is 5.10 Å². The summed E-state index contributed by atoms with van der Waals surface area (Å²) in [6, 6.07) is 0. The van der Waals surface area contributed by atoms with Gasteiger partial charge in [0.25, 0.3) is 0 Å². The van der Waals surface area contributed by atoms with E-state index in [0.29, 0.717) is 0 Å². The van der Waals surface area contributed by atoms with Gasteiger partial charge in [0.15, 0.2) is 24.1 Å². The largest absolute Gasteiger partial charge is 0.462 e. The van der Waals surface area contributed by atoms with Crippen molar-refractivity contribution in [2.24, 2.45) is 0 Å². The molecule has 1 aromatic rings. The fourth-order valence-corrected chi connectivity index (χ4v) is 2.39. The predicted octanol–water partition coefficient (Wildman–Crippen LogP) is -0.838. The lowest BCUT2D eigenvalue weighted by atomic mass is 10.0. The molecule has 0 bridgehead atoms. The van der Waals surface area contributed by atoms with Gasteiger partial charge in [-0.25, -0.2) is 5.10 Å². The van der Waals surface area contributed by atoms with Crippen molar-refractivity contribution in [1.82, 2.24) is 20.6 Å². The molecule has 0 aromatic carbocycles. The zero-order valence-electron chi connectivity index (χ0n) is 16.9. The molecule has 4 atom stereocenters. The summed E-state index contributed by atoms with van der Waals surface area (Å²) in [6.45, 7) is 4.80. The average Bonchev–Trinajstić information content (AvgIpc) is 3.13. The molecule has 14 nitrogen and oxygen atoms in total. The van der Waals surface area contributed by atoms with Gasteiger partial charge >= 0.3 is 29.8 Å². The number of nitrogens with zero attached hydrogens (tertiary/aromatic N) is 3. The van der Waals surface area contributed by atoms with Crippen LogP contribution in [0.3, 0.4) is 0 Å². The molecule has 1 rings (SSSR count). The molecule has 0 amide bonds. The Morgan fingerprint density at radius 2 is 1.30 bits per heavy atom. The molecular formula is C16H22N4O10. The molecule has 0 saturated heterocycles. The Morgan fingerprint density at radius 3 is 1.73 bits per heavy atom. The van der Waals surface area contributed by atoms with Gasteiger partial charge in [-0.1, -0.05) is 0 Å². The molecule has 0 aliphatic rings. The summed E-state index contributed by atoms with van der Waals surface area (Å²) in [5.74, 6) is -4.18. The number of tetrazole rings is 1. The van der Waals surface area contributed by atoms with E-state index in [1.807, 2.05) is 0 Å². The third-order valence-corrected chi connectivity index (χ3v) is 3.29. The van der Waals surface area contributed by atoms with E-state index in [-0.39, 0.29) is 5.82 Å². The van der Waals surface area contributed by atoms with Crippen molar-refractivity contribution in [2.75, 3.05) is 6.61 Å². The zero-order chi connectivity index (χ0) is 22.8. The molecular weight excluding hydrogens is 408 g/mol. The normalized spacial score (nSPS) is 14.4. The summed E-state index contributed by atoms with van der Waals surface area (Å²) in [7, 11) is 0. The van der Waals surface area contributed by atoms with E-state index in [1.54, 1.807) is 0 Å². The second-order valence-electron chi connectivity index (χ2n) is 5.92. The van der Waals surface area contributed by atoms with Gasteiger partial charge in [0.05, 0.1) is 0 Å². The molecule has 1 aromatic heterocycles. The number of ether oxygens (including phenoxy) is 5. The van der Waals surface area contributed by atoms with Crippen molar-refractivity contribution >= 4 is 29.8 Å². The minimum absolute atomic E-state index is 0.150. The lowest BCUT2D eigenvalue weighted by Gasteiger charge is -2.34. The molecule has 0 fully saturated rings. The van der Waals surface area contributed by atoms with Crippen LogP contribution < -0.4 is 0 Å². The highest BCUT2D eigenvalue weighted by Crippen LogP contribution is 2.28. The molecule has 0 saturated carbocycles. The first-order valence-electron chi connectivity index (χ1n) is 8.57. The van der Waals surface area contributed by atoms with Crippen LogP contribution in [0.5, 0.6) is 0 Å². The third kappa shape index (κ3) is 8.20. The Balaban J connectivity index is 3.47. The van der Waals surface area contributed by atoms with Crippen LogP contribution in [0.25, 0.3) is 0 Å². The molecule has 1 N–H and O–H groups in total. The molecule has 1 heterocycles. The average molecular weight is 430 g/mol. The molecule has 0 aliphatic heterocycles. The Labute approximate surface area is 170 Å². The summed E-state index contributed by atoms with van der Waals surface area (Å²) >= 11 is 0. The SMILES string of the molecule is CC(=O)OCC(OC(C)=O)C(OC(C)=O)C(OC(C)=O)C(OC(C)=O)c1nnn[nH]1. The standard InChI is InChI=1S/C16H22N4O10/c1-7(21)26-6-12(27-8(2)22)13(28-9(3)23)14(29-10(4)24)15(30-11(5)25)16-17-19-20-18-16/h12-15H,6H2,1-5H3,(H,17,18,19,20). The van der Waals surface area contributed by atoms with Crippen molar-refractivity contribution in [2.45, 2.75) is 59.0 Å². The number of carbonyl (C=O) groups excluding carboxylic acids is 5. The van der Waals surface area contributed by atoms with Crippen molar-refractivity contribution in [3.8, 4) is 0 Å². The fourth-order valence-electron chi connectivity index (χ4n) is 2.39. The van der Waals surface area contributed by atoms with Crippen molar-refractivity contribution in [3.63, 3.8) is 0 Å². The first-order valence-corrected chi connectivity index (χ1v) is 8.57. The van der Waals surface area contributed by atoms with Crippen molar-refractivity contribution in [3.05, 3.63) is 5.82 Å².